The molecule has 1 atom stereocenters. The van der Waals surface area contributed by atoms with E-state index in [1.165, 1.54) is 30.3 Å². The Morgan fingerprint density at radius 3 is 2.49 bits per heavy atom. The molecule has 3 aliphatic rings. The van der Waals surface area contributed by atoms with Gasteiger partial charge in [-0.2, -0.15) is 11.7 Å². The van der Waals surface area contributed by atoms with Gasteiger partial charge in [0, 0.05) is 36.4 Å². The number of anilines is 2. The summed E-state index contributed by atoms with van der Waals surface area (Å²) in [6.45, 7) is 8.52. The summed E-state index contributed by atoms with van der Waals surface area (Å²) in [5, 5.41) is 13.3. The van der Waals surface area contributed by atoms with Crippen LogP contribution in [0.25, 0.3) is 10.9 Å². The molecule has 3 fully saturated rings. The number of nitriles is 1. The fourth-order valence-corrected chi connectivity index (χ4v) is 9.25. The maximum Gasteiger partial charge on any atom is 1.00 e. The standard InChI is InChI=1S/C42H49F2N8O3S.K/c1-4-36(40(46)53)48-27-8-12-31(35(44)20-27)26-6-9-28(10-7-26)51-18-16-42(17-19-51)22-29(23-42)52-25-47-37-14-11-30(21-32(37)41(52)54)55-39-33(24-45)38(15-13-34(39)43)49-56-50(3)5-2;/h8,11-15,20-21,25-26,28-29,36,48-49H,1,4-7,9-10,16-19,22-23H2,2-3H3,(H2,46,53);/q-1;+1. The van der Waals surface area contributed by atoms with Crippen LogP contribution in [0.4, 0.5) is 20.2 Å². The number of primary amides is 1. The summed E-state index contributed by atoms with van der Waals surface area (Å²) < 4.78 is 42.9. The van der Waals surface area contributed by atoms with E-state index in [0.29, 0.717) is 28.3 Å². The molecule has 15 heteroatoms. The normalized spacial score (nSPS) is 20.0. The number of nitrogens with one attached hydrogen (secondary N) is 2. The molecule has 4 aromatic rings. The third-order valence-corrected chi connectivity index (χ3v) is 13.0. The molecule has 2 saturated carbocycles. The van der Waals surface area contributed by atoms with Crippen LogP contribution < -0.4 is 77.5 Å². The number of hydrogen-bond donors (Lipinski definition) is 3. The molecule has 1 spiro atoms. The molecule has 11 nitrogen and oxygen atoms in total. The van der Waals surface area contributed by atoms with Gasteiger partial charge in [0.1, 0.15) is 23.2 Å². The van der Waals surface area contributed by atoms with E-state index in [0.717, 1.165) is 76.6 Å². The molecular weight excluding hydrogens is 774 g/mol. The van der Waals surface area contributed by atoms with Gasteiger partial charge >= 0.3 is 51.4 Å². The van der Waals surface area contributed by atoms with Crippen LogP contribution in [0.2, 0.25) is 0 Å². The summed E-state index contributed by atoms with van der Waals surface area (Å²) in [6, 6.07) is 14.7. The molecule has 1 aliphatic heterocycles. The van der Waals surface area contributed by atoms with Crippen molar-refractivity contribution in [2.24, 2.45) is 11.1 Å². The first-order valence-electron chi connectivity index (χ1n) is 19.5. The van der Waals surface area contributed by atoms with E-state index in [-0.39, 0.29) is 104 Å². The quantitative estimate of drug-likeness (QED) is 0.0970. The number of nitrogens with zero attached hydrogens (tertiary/aromatic N) is 5. The number of likely N-dealkylation sites (tertiary alicyclic amines) is 1. The summed E-state index contributed by atoms with van der Waals surface area (Å²) in [7, 11) is 1.89. The zero-order chi connectivity index (χ0) is 39.6. The second-order valence-corrected chi connectivity index (χ2v) is 16.5. The number of carbonyl (C=O) groups is 1. The van der Waals surface area contributed by atoms with Crippen molar-refractivity contribution < 1.29 is 69.7 Å². The number of carbonyl (C=O) groups excluding carboxylic acids is 1. The first kappa shape index (κ1) is 43.5. The number of nitrogens with two attached hydrogens (primary N) is 1. The van der Waals surface area contributed by atoms with Gasteiger partial charge in [-0.3, -0.25) is 14.2 Å². The summed E-state index contributed by atoms with van der Waals surface area (Å²) in [4.78, 5) is 32.6. The number of hydrogen-bond acceptors (Lipinski definition) is 10. The van der Waals surface area contributed by atoms with Crippen LogP contribution in [0, 0.1) is 35.3 Å². The minimum atomic E-state index is -0.679. The second kappa shape index (κ2) is 18.9. The molecule has 3 aromatic carbocycles. The molecule has 1 aromatic heterocycles. The van der Waals surface area contributed by atoms with E-state index in [4.69, 9.17) is 10.5 Å². The van der Waals surface area contributed by atoms with Gasteiger partial charge in [0.25, 0.3) is 5.56 Å². The van der Waals surface area contributed by atoms with E-state index < -0.39 is 17.8 Å². The van der Waals surface area contributed by atoms with Crippen LogP contribution in [-0.4, -0.2) is 63.4 Å². The van der Waals surface area contributed by atoms with Gasteiger partial charge in [-0.05, 0) is 131 Å². The van der Waals surface area contributed by atoms with Crippen molar-refractivity contribution >= 4 is 40.3 Å². The van der Waals surface area contributed by atoms with E-state index in [2.05, 4.69) is 32.9 Å². The van der Waals surface area contributed by atoms with Crippen LogP contribution in [-0.2, 0) is 4.79 Å². The molecule has 7 rings (SSSR count). The second-order valence-electron chi connectivity index (χ2n) is 15.5. The van der Waals surface area contributed by atoms with Gasteiger partial charge in [-0.1, -0.05) is 13.0 Å². The first-order chi connectivity index (χ1) is 27.0. The van der Waals surface area contributed by atoms with Crippen molar-refractivity contribution in [3.63, 3.8) is 0 Å². The van der Waals surface area contributed by atoms with E-state index in [1.807, 2.05) is 30.4 Å². The van der Waals surface area contributed by atoms with Gasteiger partial charge in [0.15, 0.2) is 11.6 Å². The average Bonchev–Trinajstić information content (AvgIpc) is 3.19. The van der Waals surface area contributed by atoms with Crippen molar-refractivity contribution in [2.45, 2.75) is 88.8 Å². The van der Waals surface area contributed by atoms with Gasteiger partial charge in [0.05, 0.1) is 29.0 Å². The summed E-state index contributed by atoms with van der Waals surface area (Å²) in [5.41, 5.74) is 7.68. The van der Waals surface area contributed by atoms with Gasteiger partial charge in [0.2, 0.25) is 5.91 Å². The number of fused-ring (bicyclic) bond motifs is 1. The number of benzene rings is 3. The van der Waals surface area contributed by atoms with E-state index in [9.17, 15) is 14.9 Å². The van der Waals surface area contributed by atoms with Gasteiger partial charge in [-0.25, -0.2) is 18.1 Å². The Morgan fingerprint density at radius 1 is 1.11 bits per heavy atom. The smallest absolute Gasteiger partial charge is 0.453 e. The van der Waals surface area contributed by atoms with E-state index in [1.54, 1.807) is 29.1 Å². The van der Waals surface area contributed by atoms with Crippen LogP contribution >= 0.6 is 12.1 Å². The Kier molecular flexibility index (Phi) is 14.4. The van der Waals surface area contributed by atoms with Crippen LogP contribution in [0.15, 0.2) is 59.7 Å². The molecule has 2 aliphatic carbocycles. The number of piperidine rings is 1. The van der Waals surface area contributed by atoms with Crippen LogP contribution in [0.1, 0.15) is 87.8 Å². The fraction of sp³-hybridized carbons (Fsp3) is 0.452. The monoisotopic (exact) mass is 822 g/mol. The topological polar surface area (TPSA) is 142 Å². The zero-order valence-corrected chi connectivity index (χ0v) is 36.8. The van der Waals surface area contributed by atoms with Crippen molar-refractivity contribution in [1.29, 1.82) is 5.26 Å². The number of ether oxygens (including phenoxy) is 1. The zero-order valence-electron chi connectivity index (χ0n) is 32.9. The Hall–Kier alpha value is -3.07. The minimum Gasteiger partial charge on any atom is -0.453 e. The molecule has 4 N–H and O–H groups in total. The van der Waals surface area contributed by atoms with Crippen LogP contribution in [0.5, 0.6) is 11.5 Å². The summed E-state index contributed by atoms with van der Waals surface area (Å²) in [5.74, 6) is -1.24. The first-order valence-corrected chi connectivity index (χ1v) is 20.2. The Balaban J connectivity index is 0.00000549. The maximum atomic E-state index is 15.2. The largest absolute Gasteiger partial charge is 1.00 e. The minimum absolute atomic E-state index is 0. The van der Waals surface area contributed by atoms with Gasteiger partial charge in [-0.15, -0.1) is 0 Å². The molecular formula is C42H49F2KN8O3S. The predicted molar refractivity (Wildman–Crippen MR) is 216 cm³/mol. The van der Waals surface area contributed by atoms with E-state index >= 15 is 8.78 Å². The number of rotatable bonds is 13. The van der Waals surface area contributed by atoms with Crippen molar-refractivity contribution in [3.8, 4) is 17.6 Å². The molecule has 57 heavy (non-hydrogen) atoms. The van der Waals surface area contributed by atoms with Gasteiger partial charge < -0.3 is 32.3 Å². The summed E-state index contributed by atoms with van der Waals surface area (Å²) in [6.07, 6.45) is 9.81. The Labute approximate surface area is 379 Å². The Bertz CT molecular complexity index is 2180. The molecule has 0 bridgehead atoms. The predicted octanol–water partition coefficient (Wildman–Crippen LogP) is 4.90. The molecule has 1 saturated heterocycles. The Morgan fingerprint density at radius 2 is 1.84 bits per heavy atom. The van der Waals surface area contributed by atoms with Crippen LogP contribution in [0.3, 0.4) is 0 Å². The molecule has 296 valence electrons. The number of amides is 1. The van der Waals surface area contributed by atoms with Crippen molar-refractivity contribution in [3.05, 3.63) is 94.9 Å². The fourth-order valence-electron chi connectivity index (χ4n) is 8.70. The van der Waals surface area contributed by atoms with Crippen molar-refractivity contribution in [1.82, 2.24) is 18.8 Å². The third kappa shape index (κ3) is 9.54. The third-order valence-electron chi connectivity index (χ3n) is 12.2. The molecule has 0 radical (unpaired) electrons. The number of halogens is 2. The number of aromatic nitrogens is 2. The maximum absolute atomic E-state index is 15.2. The average molecular weight is 823 g/mol. The molecule has 1 unspecified atom stereocenters. The van der Waals surface area contributed by atoms with Crippen molar-refractivity contribution in [2.75, 3.05) is 36.7 Å². The molecule has 2 heterocycles. The SMILES string of the molecule is [CH2-]CC(Nc1ccc(C2CCC(N3CCC4(CC3)CC(n3cnc5ccc(Oc6c(F)ccc(NSN(C)CC)c6C#N)cc5c3=O)C4)CC2)c(F)c1)C(N)=O.[K+]. The summed E-state index contributed by atoms with van der Waals surface area (Å²) >= 11 is 1.29. The molecule has 1 amide bonds.